The molecule has 2 atom stereocenters. The first-order valence-electron chi connectivity index (χ1n) is 6.48. The van der Waals surface area contributed by atoms with E-state index in [2.05, 4.69) is 23.1 Å². The van der Waals surface area contributed by atoms with Crippen molar-refractivity contribution in [1.29, 1.82) is 0 Å². The second-order valence-corrected chi connectivity index (χ2v) is 5.85. The van der Waals surface area contributed by atoms with Crippen molar-refractivity contribution in [3.05, 3.63) is 39.9 Å². The summed E-state index contributed by atoms with van der Waals surface area (Å²) >= 11 is 11.3. The number of hydrogen-bond acceptors (Lipinski definition) is 6. The molecule has 0 aromatic carbocycles. The Kier molecular flexibility index (Phi) is 5.10. The topological polar surface area (TPSA) is 119 Å². The summed E-state index contributed by atoms with van der Waals surface area (Å²) in [6.45, 7) is 6.61. The SMILES string of the molecule is C=C(Cl)C(O)Cn1c(N)nc2ncn(CC(O)C(=C)Cl)c2c1=O. The molecule has 0 spiro atoms. The third-order valence-electron chi connectivity index (χ3n) is 3.21. The van der Waals surface area contributed by atoms with Gasteiger partial charge in [0.1, 0.15) is 12.2 Å². The van der Waals surface area contributed by atoms with E-state index < -0.39 is 17.8 Å². The molecule has 10 heteroatoms. The molecule has 0 saturated carbocycles. The zero-order chi connectivity index (χ0) is 17.3. The Morgan fingerprint density at radius 3 is 2.39 bits per heavy atom. The standard InChI is InChI=1S/C13H15Cl2N5O3/c1-6(14)8(21)3-19-5-17-11-10(19)12(23)20(13(16)18-11)4-9(22)7(2)15/h5,8-9,21-22H,1-4H2,(H2,16,18). The smallest absolute Gasteiger partial charge is 0.281 e. The van der Waals surface area contributed by atoms with Gasteiger partial charge in [-0.25, -0.2) is 4.98 Å². The second-order valence-electron chi connectivity index (χ2n) is 4.88. The van der Waals surface area contributed by atoms with Crippen molar-refractivity contribution in [3.63, 3.8) is 0 Å². The van der Waals surface area contributed by atoms with Crippen LogP contribution in [0.15, 0.2) is 34.3 Å². The predicted octanol–water partition coefficient (Wildman–Crippen LogP) is 0.402. The molecule has 0 radical (unpaired) electrons. The molecule has 2 aromatic heterocycles. The quantitative estimate of drug-likeness (QED) is 0.686. The van der Waals surface area contributed by atoms with Crippen LogP contribution in [0.4, 0.5) is 5.95 Å². The molecule has 0 aliphatic rings. The monoisotopic (exact) mass is 359 g/mol. The second kappa shape index (κ2) is 6.71. The third kappa shape index (κ3) is 3.56. The van der Waals surface area contributed by atoms with Crippen LogP contribution in [0.2, 0.25) is 0 Å². The van der Waals surface area contributed by atoms with Crippen LogP contribution in [0.3, 0.4) is 0 Å². The number of fused-ring (bicyclic) bond motifs is 1. The Hall–Kier alpha value is -1.87. The molecule has 0 aliphatic carbocycles. The minimum Gasteiger partial charge on any atom is -0.386 e. The highest BCUT2D eigenvalue weighted by molar-refractivity contribution is 6.30. The number of hydrogen-bond donors (Lipinski definition) is 3. The lowest BCUT2D eigenvalue weighted by atomic mass is 10.3. The molecule has 0 amide bonds. The van der Waals surface area contributed by atoms with Crippen molar-refractivity contribution in [1.82, 2.24) is 19.1 Å². The summed E-state index contributed by atoms with van der Waals surface area (Å²) in [4.78, 5) is 20.6. The van der Waals surface area contributed by atoms with Gasteiger partial charge in [0.2, 0.25) is 5.95 Å². The van der Waals surface area contributed by atoms with E-state index in [0.717, 1.165) is 4.57 Å². The van der Waals surface area contributed by atoms with Gasteiger partial charge in [-0.1, -0.05) is 36.4 Å². The van der Waals surface area contributed by atoms with Gasteiger partial charge < -0.3 is 20.5 Å². The molecule has 23 heavy (non-hydrogen) atoms. The van der Waals surface area contributed by atoms with Crippen molar-refractivity contribution < 1.29 is 10.2 Å². The highest BCUT2D eigenvalue weighted by Crippen LogP contribution is 2.14. The normalized spacial score (nSPS) is 13.9. The number of anilines is 1. The first-order valence-corrected chi connectivity index (χ1v) is 7.23. The van der Waals surface area contributed by atoms with Crippen LogP contribution in [-0.4, -0.2) is 41.5 Å². The fraction of sp³-hybridized carbons (Fsp3) is 0.308. The number of imidazole rings is 1. The predicted molar refractivity (Wildman–Crippen MR) is 88.2 cm³/mol. The van der Waals surface area contributed by atoms with Crippen LogP contribution < -0.4 is 11.3 Å². The zero-order valence-electron chi connectivity index (χ0n) is 12.0. The van der Waals surface area contributed by atoms with Crippen LogP contribution in [0.1, 0.15) is 0 Å². The zero-order valence-corrected chi connectivity index (χ0v) is 13.5. The van der Waals surface area contributed by atoms with E-state index in [-0.39, 0.29) is 40.3 Å². The fourth-order valence-corrected chi connectivity index (χ4v) is 2.08. The summed E-state index contributed by atoms with van der Waals surface area (Å²) in [5.41, 5.74) is 5.43. The molecular weight excluding hydrogens is 345 g/mol. The van der Waals surface area contributed by atoms with Crippen LogP contribution in [0, 0.1) is 0 Å². The molecule has 0 saturated heterocycles. The van der Waals surface area contributed by atoms with Gasteiger partial charge in [0.05, 0.1) is 19.4 Å². The lowest BCUT2D eigenvalue weighted by Crippen LogP contribution is -2.31. The summed E-state index contributed by atoms with van der Waals surface area (Å²) in [6, 6.07) is 0. The largest absolute Gasteiger partial charge is 0.386 e. The van der Waals surface area contributed by atoms with Gasteiger partial charge in [-0.15, -0.1) is 0 Å². The average Bonchev–Trinajstić information content (AvgIpc) is 2.85. The summed E-state index contributed by atoms with van der Waals surface area (Å²) in [6.07, 6.45) is -0.892. The third-order valence-corrected chi connectivity index (χ3v) is 3.72. The molecule has 2 aromatic rings. The number of aromatic nitrogens is 4. The maximum Gasteiger partial charge on any atom is 0.281 e. The highest BCUT2D eigenvalue weighted by Gasteiger charge is 2.19. The Morgan fingerprint density at radius 2 is 1.83 bits per heavy atom. The first-order chi connectivity index (χ1) is 10.7. The number of nitrogens with zero attached hydrogens (tertiary/aromatic N) is 4. The molecule has 0 bridgehead atoms. The molecule has 0 fully saturated rings. The maximum absolute atomic E-state index is 12.6. The van der Waals surface area contributed by atoms with E-state index in [9.17, 15) is 15.0 Å². The van der Waals surface area contributed by atoms with E-state index in [1.165, 1.54) is 10.9 Å². The molecule has 2 heterocycles. The van der Waals surface area contributed by atoms with Gasteiger partial charge in [-0.3, -0.25) is 9.36 Å². The summed E-state index contributed by atoms with van der Waals surface area (Å²) in [5.74, 6) is -0.119. The van der Waals surface area contributed by atoms with Gasteiger partial charge in [-0.2, -0.15) is 4.98 Å². The van der Waals surface area contributed by atoms with Crippen molar-refractivity contribution in [2.45, 2.75) is 25.3 Å². The minimum absolute atomic E-state index is 0.0234. The summed E-state index contributed by atoms with van der Waals surface area (Å²) in [7, 11) is 0. The summed E-state index contributed by atoms with van der Waals surface area (Å²) < 4.78 is 2.45. The fourth-order valence-electron chi connectivity index (χ4n) is 1.94. The van der Waals surface area contributed by atoms with E-state index in [4.69, 9.17) is 28.9 Å². The van der Waals surface area contributed by atoms with Gasteiger partial charge in [0.25, 0.3) is 5.56 Å². The number of halogens is 2. The Labute approximate surface area is 141 Å². The average molecular weight is 360 g/mol. The maximum atomic E-state index is 12.6. The Bertz CT molecular complexity index is 829. The molecule has 8 nitrogen and oxygen atoms in total. The summed E-state index contributed by atoms with van der Waals surface area (Å²) in [5, 5.41) is 19.6. The molecule has 2 rings (SSSR count). The highest BCUT2D eigenvalue weighted by atomic mass is 35.5. The molecule has 0 aliphatic heterocycles. The number of aliphatic hydroxyl groups is 2. The van der Waals surface area contributed by atoms with Crippen LogP contribution in [0.5, 0.6) is 0 Å². The van der Waals surface area contributed by atoms with Crippen LogP contribution >= 0.6 is 23.2 Å². The Balaban J connectivity index is 2.52. The van der Waals surface area contributed by atoms with Gasteiger partial charge in [0, 0.05) is 10.1 Å². The van der Waals surface area contributed by atoms with Crippen molar-refractivity contribution in [2.24, 2.45) is 0 Å². The number of nitrogen functional groups attached to an aromatic ring is 1. The van der Waals surface area contributed by atoms with Crippen LogP contribution in [0.25, 0.3) is 11.2 Å². The molecule has 124 valence electrons. The van der Waals surface area contributed by atoms with Gasteiger partial charge in [0.15, 0.2) is 11.2 Å². The number of nitrogens with two attached hydrogens (primary N) is 1. The van der Waals surface area contributed by atoms with Crippen molar-refractivity contribution in [2.75, 3.05) is 5.73 Å². The van der Waals surface area contributed by atoms with Crippen LogP contribution in [-0.2, 0) is 13.1 Å². The number of aliphatic hydroxyl groups excluding tert-OH is 2. The van der Waals surface area contributed by atoms with Gasteiger partial charge >= 0.3 is 0 Å². The van der Waals surface area contributed by atoms with E-state index in [0.29, 0.717) is 0 Å². The van der Waals surface area contributed by atoms with E-state index >= 15 is 0 Å². The molecule has 4 N–H and O–H groups in total. The minimum atomic E-state index is -1.17. The van der Waals surface area contributed by atoms with Gasteiger partial charge in [-0.05, 0) is 0 Å². The van der Waals surface area contributed by atoms with Crippen molar-refractivity contribution in [3.8, 4) is 0 Å². The van der Waals surface area contributed by atoms with E-state index in [1.807, 2.05) is 0 Å². The number of rotatable bonds is 6. The molecule has 2 unspecified atom stereocenters. The van der Waals surface area contributed by atoms with E-state index in [1.54, 1.807) is 0 Å². The first kappa shape index (κ1) is 17.5. The van der Waals surface area contributed by atoms with Crippen molar-refractivity contribution >= 4 is 40.3 Å². The lowest BCUT2D eigenvalue weighted by Gasteiger charge is -2.14. The lowest BCUT2D eigenvalue weighted by molar-refractivity contribution is 0.195. The molecular formula is C13H15Cl2N5O3. The Morgan fingerprint density at radius 1 is 1.26 bits per heavy atom.